The largest absolute Gasteiger partial charge is 6.00 e. The first-order valence-electron chi connectivity index (χ1n) is 26.7. The van der Waals surface area contributed by atoms with Crippen molar-refractivity contribution in [3.05, 3.63) is 0 Å². The molecule has 0 fully saturated rings. The van der Waals surface area contributed by atoms with E-state index in [2.05, 4.69) is 83.1 Å². The molecule has 0 spiro atoms. The van der Waals surface area contributed by atoms with Crippen molar-refractivity contribution in [1.29, 1.82) is 0 Å². The molecule has 0 radical (unpaired) electrons. The van der Waals surface area contributed by atoms with Gasteiger partial charge in [0.2, 0.25) is 0 Å². The molecule has 0 atom stereocenters. The van der Waals surface area contributed by atoms with Gasteiger partial charge in [0.1, 0.15) is 0 Å². The third-order valence-electron chi connectivity index (χ3n) is 12.9. The fraction of sp³-hybridized carbons (Fsp3) is 1.00. The summed E-state index contributed by atoms with van der Waals surface area (Å²) in [6, 6.07) is 0. The molecule has 0 amide bonds. The van der Waals surface area contributed by atoms with E-state index in [0.717, 1.165) is 0 Å². The average Bonchev–Trinajstić information content (AvgIpc) is 3.27. The van der Waals surface area contributed by atoms with Gasteiger partial charge in [0.05, 0.1) is 78.5 Å². The van der Waals surface area contributed by atoms with Gasteiger partial charge in [0, 0.05) is 126 Å². The first-order valence-corrected chi connectivity index (χ1v) is 26.7. The Kier molecular flexibility index (Phi) is 689. The summed E-state index contributed by atoms with van der Waals surface area (Å²) in [7, 11) is 0. The Hall–Kier alpha value is 3.14. The van der Waals surface area contributed by atoms with Gasteiger partial charge in [0.25, 0.3) is 0 Å². The van der Waals surface area contributed by atoms with E-state index in [1.807, 2.05) is 0 Å². The number of nitrogens with zero attached hydrogens (tertiary/aromatic N) is 3. The number of unbranched alkanes of at least 4 members (excludes halogenated alkanes) is 12. The van der Waals surface area contributed by atoms with Crippen LogP contribution in [0.4, 0.5) is 0 Å². The van der Waals surface area contributed by atoms with Gasteiger partial charge in [-0.1, -0.05) is 172 Å². The molecule has 0 aliphatic heterocycles. The predicted octanol–water partition coefficient (Wildman–Crippen LogP) is 0.326. The van der Waals surface area contributed by atoms with Crippen LogP contribution in [0.5, 0.6) is 0 Å². The quantitative estimate of drug-likeness (QED) is 0.0616. The molecule has 0 saturated carbocycles. The average molecular weight is 2010 g/mol. The summed E-state index contributed by atoms with van der Waals surface area (Å²) in [5.74, 6) is 0. The van der Waals surface area contributed by atoms with Gasteiger partial charge in [-0.05, 0) is 77.0 Å². The van der Waals surface area contributed by atoms with Gasteiger partial charge in [0.15, 0.2) is 0 Å². The van der Waals surface area contributed by atoms with E-state index in [1.165, 1.54) is 253 Å². The van der Waals surface area contributed by atoms with Crippen molar-refractivity contribution in [2.75, 3.05) is 98.4 Å². The maximum absolute atomic E-state index is 10.0. The molecule has 0 aromatic heterocycles. The maximum atomic E-state index is 10.0. The zero-order chi connectivity index (χ0) is 45.6. The summed E-state index contributed by atoms with van der Waals surface area (Å²) < 4.78 is 4.26. The van der Waals surface area contributed by atoms with Crippen LogP contribution in [0.2, 0.25) is 0 Å². The van der Waals surface area contributed by atoms with Crippen LogP contribution in [-0.2, 0) is 242 Å². The Labute approximate surface area is 690 Å². The second kappa shape index (κ2) is 225. The number of rotatable bonds is 39. The molecule has 38 nitrogen and oxygen atoms in total. The molecular formula is C53H142CrMo6N3O35-33. The fourth-order valence-corrected chi connectivity index (χ4v) is 8.06. The van der Waals surface area contributed by atoms with Crippen LogP contribution in [0.1, 0.15) is 244 Å². The standard InChI is InChI=1S/3C16H36N.C5H9O3.Cr.6Mo.14H2O.18O/c3*1-5-9-13-17(14-10-6-2,15-11-7-3)16-12-8-4;1-5(2-6,3-7)4-8;;;;;;;;;;;;;;;;;;;;;;;;;;;;;;;;;;;;;;;/h3*5-16H2,1-4H3;2-4H2,1H3;;;;;;;;14*1H2;;;;;;;;;;;;;;;;;;/q3*+1;-3;+6;;;;;;;;;;;;;;;;;;;;;18*-2/p-3. The molecule has 0 heterocycles. The van der Waals surface area contributed by atoms with E-state index in [0.29, 0.717) is 0 Å². The first kappa shape index (κ1) is 300. The molecule has 45 heteroatoms. The van der Waals surface area contributed by atoms with Crippen LogP contribution in [0.25, 0.3) is 0 Å². The zero-order valence-corrected chi connectivity index (χ0v) is 74.0. The molecule has 0 aromatic rings. The fourth-order valence-electron chi connectivity index (χ4n) is 8.06. The zero-order valence-electron chi connectivity index (χ0n) is 60.7. The van der Waals surface area contributed by atoms with E-state index in [9.17, 15) is 15.3 Å². The Balaban J connectivity index is -0.00000000899. The maximum Gasteiger partial charge on any atom is 6.00 e. The minimum absolute atomic E-state index is 0. The van der Waals surface area contributed by atoms with Crippen molar-refractivity contribution in [1.82, 2.24) is 0 Å². The second-order valence-electron chi connectivity index (χ2n) is 19.2. The van der Waals surface area contributed by atoms with Crippen molar-refractivity contribution >= 4 is 0 Å². The van der Waals surface area contributed by atoms with Crippen molar-refractivity contribution in [3.63, 3.8) is 0 Å². The number of hydrogen-bond donors (Lipinski definition) is 0. The van der Waals surface area contributed by atoms with E-state index in [-0.39, 0.29) is 319 Å². The number of hydrogen-bond acceptors (Lipinski definition) is 6. The molecule has 98 heavy (non-hydrogen) atoms. The minimum atomic E-state index is -1.04. The second-order valence-corrected chi connectivity index (χ2v) is 19.2. The third kappa shape index (κ3) is 183. The van der Waals surface area contributed by atoms with Crippen LogP contribution in [-0.4, -0.2) is 188 Å². The molecule has 0 unspecified atom stereocenters. The molecule has 0 aliphatic carbocycles. The summed E-state index contributed by atoms with van der Waals surface area (Å²) in [6.45, 7) is 44.8. The van der Waals surface area contributed by atoms with Crippen molar-refractivity contribution in [2.24, 2.45) is 5.41 Å². The van der Waals surface area contributed by atoms with Gasteiger partial charge in [-0.15, -0.1) is 19.8 Å². The van der Waals surface area contributed by atoms with Crippen LogP contribution >= 0.6 is 0 Å². The third-order valence-corrected chi connectivity index (χ3v) is 12.9. The summed E-state index contributed by atoms with van der Waals surface area (Å²) in [4.78, 5) is 0. The van der Waals surface area contributed by atoms with Crippen LogP contribution < -0.4 is 15.3 Å². The monoisotopic (exact) mass is 2020 g/mol. The Morgan fingerprint density at radius 3 is 0.286 bits per heavy atom. The summed E-state index contributed by atoms with van der Waals surface area (Å²) in [6.07, 6.45) is 33.2. The smallest absolute Gasteiger partial charge is 2.00 e. The van der Waals surface area contributed by atoms with E-state index < -0.39 is 25.2 Å². The molecular weight excluding hydrogens is 1870 g/mol. The molecule has 0 saturated heterocycles. The molecule has 25 N–H and O–H groups in total. The van der Waals surface area contributed by atoms with Crippen LogP contribution in [0, 0.1) is 5.41 Å². The van der Waals surface area contributed by atoms with E-state index in [4.69, 9.17) is 0 Å². The van der Waals surface area contributed by atoms with E-state index >= 15 is 0 Å². The van der Waals surface area contributed by atoms with Crippen molar-refractivity contribution in [2.45, 2.75) is 244 Å². The first-order chi connectivity index (χ1) is 28.4. The van der Waals surface area contributed by atoms with Gasteiger partial charge in [-0.3, -0.25) is 0 Å². The summed E-state index contributed by atoms with van der Waals surface area (Å²) >= 11 is 0. The minimum Gasteiger partial charge on any atom is -2.00 e. The molecule has 0 bridgehead atoms. The van der Waals surface area contributed by atoms with Crippen LogP contribution in [0.15, 0.2) is 0 Å². The Morgan fingerprint density at radius 1 is 0.194 bits per heavy atom. The molecule has 654 valence electrons. The van der Waals surface area contributed by atoms with Gasteiger partial charge in [-0.25, -0.2) is 0 Å². The SMILES string of the molecule is CC(C[O-])(C[O-])C[O-].CCCC[N+](CCCC)(CCCC)CCCC.CCCC[N+](CCCC)(CCCC)CCCC.CCCC[N+](CCCC)(CCCC)CCCC.O.O.O.O.O.O.O.O.O.O.O.[Cr+6].[Mo].[Mo].[Mo].[Mo].[Mo].[Mo].[O-2].[O-2].[O-2].[O-2].[O-2].[O-2].[O-2].[O-2].[O-2].[O-2].[O-2].[O-2].[O-2].[O-2].[O-2].[O-2].[O-2].[O-2].[OH-].[OH-].[OH-]. The van der Waals surface area contributed by atoms with Crippen LogP contribution in [0.3, 0.4) is 0 Å². The Bertz CT molecular complexity index is 680. The van der Waals surface area contributed by atoms with Gasteiger partial charge in [-0.2, -0.15) is 0 Å². The van der Waals surface area contributed by atoms with Crippen molar-refractivity contribution < 1.29 is 348 Å². The van der Waals surface area contributed by atoms with E-state index in [1.54, 1.807) is 0 Å². The summed E-state index contributed by atoms with van der Waals surface area (Å²) in [5.41, 5.74) is -1.04. The van der Waals surface area contributed by atoms with Gasteiger partial charge < -0.3 is 204 Å². The summed E-state index contributed by atoms with van der Waals surface area (Å²) in [5, 5.41) is 30.0. The predicted molar refractivity (Wildman–Crippen MR) is 319 cm³/mol. The molecule has 0 aromatic carbocycles. The topological polar surface area (TPSA) is 1020 Å². The Morgan fingerprint density at radius 2 is 0.255 bits per heavy atom. The normalized spacial score (nSPS) is 7.22. The number of quaternary nitrogens is 3. The van der Waals surface area contributed by atoms with Crippen molar-refractivity contribution in [3.8, 4) is 0 Å². The molecule has 0 rings (SSSR count). The molecule has 0 aliphatic rings. The van der Waals surface area contributed by atoms with Gasteiger partial charge >= 0.3 is 17.4 Å².